The maximum Gasteiger partial charge on any atom is 2.00 e. The van der Waals surface area contributed by atoms with Crippen molar-refractivity contribution in [3.63, 3.8) is 0 Å². The van der Waals surface area contributed by atoms with Gasteiger partial charge in [-0.3, -0.25) is 0 Å². The Kier molecular flexibility index (Phi) is 555. The van der Waals surface area contributed by atoms with Crippen molar-refractivity contribution < 1.29 is 53.6 Å². The first kappa shape index (κ1) is 70.4. The molecule has 0 amide bonds. The molecule has 6 heteroatoms. The minimum atomic E-state index is 0. The molecule has 0 aromatic rings. The fourth-order valence-electron chi connectivity index (χ4n) is 0. The van der Waals surface area contributed by atoms with Crippen LogP contribution < -0.4 is 0 Å². The smallest absolute Gasteiger partial charge is 2.00 e. The van der Waals surface area contributed by atoms with Gasteiger partial charge >= 0.3 is 53.6 Å². The van der Waals surface area contributed by atoms with Crippen molar-refractivity contribution in [2.24, 2.45) is 0 Å². The van der Waals surface area contributed by atoms with E-state index in [1.807, 2.05) is 0 Å². The van der Waals surface area contributed by atoms with E-state index in [9.17, 15) is 0 Å². The molecule has 6 heavy (non-hydrogen) atoms. The Morgan fingerprint density at radius 3 is 0.667 bits per heavy atom. The molecule has 0 spiro atoms. The quantitative estimate of drug-likeness (QED) is 0.548. The van der Waals surface area contributed by atoms with Crippen molar-refractivity contribution in [2.45, 2.75) is 0 Å². The predicted molar refractivity (Wildman–Crippen MR) is 22.1 cm³/mol. The molecule has 0 fully saturated rings. The van der Waals surface area contributed by atoms with E-state index < -0.39 is 0 Å². The summed E-state index contributed by atoms with van der Waals surface area (Å²) < 4.78 is 0. The molecular formula is CuFeS3Zn. The molecule has 0 unspecified atom stereocenters. The second kappa shape index (κ2) is 47.2. The predicted octanol–water partition coefficient (Wildman–Crippen LogP) is -0.0147. The van der Waals surface area contributed by atoms with Gasteiger partial charge in [0.15, 0.2) is 0 Å². The van der Waals surface area contributed by atoms with Crippen LogP contribution in [0.1, 0.15) is 0 Å². The standard InChI is InChI=1S/Cu.Fe.3S.Zn/q2*+2;3*-2;+2. The van der Waals surface area contributed by atoms with Crippen molar-refractivity contribution in [3.8, 4) is 0 Å². The molecule has 0 aromatic heterocycles. The number of hydrogen-bond acceptors (Lipinski definition) is 0. The van der Waals surface area contributed by atoms with Gasteiger partial charge in [0.1, 0.15) is 0 Å². The Labute approximate surface area is 93.0 Å². The summed E-state index contributed by atoms with van der Waals surface area (Å²) in [7, 11) is 0. The first-order valence-corrected chi connectivity index (χ1v) is 0. The van der Waals surface area contributed by atoms with Crippen molar-refractivity contribution in [1.29, 1.82) is 0 Å². The van der Waals surface area contributed by atoms with Gasteiger partial charge in [0, 0.05) is 0 Å². The summed E-state index contributed by atoms with van der Waals surface area (Å²) in [6.07, 6.45) is 0. The van der Waals surface area contributed by atoms with E-state index in [0.717, 1.165) is 0 Å². The summed E-state index contributed by atoms with van der Waals surface area (Å²) >= 11 is 0. The van der Waals surface area contributed by atoms with Crippen LogP contribution in [0.25, 0.3) is 0 Å². The molecule has 0 bridgehead atoms. The van der Waals surface area contributed by atoms with E-state index in [-0.39, 0.29) is 94.1 Å². The van der Waals surface area contributed by atoms with Gasteiger partial charge in [0.25, 0.3) is 0 Å². The molecule has 0 rings (SSSR count). The summed E-state index contributed by atoms with van der Waals surface area (Å²) in [5.41, 5.74) is 0. The topological polar surface area (TPSA) is 0 Å². The molecule has 0 aliphatic carbocycles. The van der Waals surface area contributed by atoms with Crippen molar-refractivity contribution in [2.75, 3.05) is 0 Å². The van der Waals surface area contributed by atoms with E-state index in [0.29, 0.717) is 0 Å². The van der Waals surface area contributed by atoms with Crippen LogP contribution in [0.3, 0.4) is 0 Å². The van der Waals surface area contributed by atoms with E-state index in [4.69, 9.17) is 0 Å². The van der Waals surface area contributed by atoms with E-state index in [1.54, 1.807) is 0 Å². The second-order valence-electron chi connectivity index (χ2n) is 0. The molecular weight excluding hydrogens is 281 g/mol. The van der Waals surface area contributed by atoms with Gasteiger partial charge in [-0.2, -0.15) is 0 Å². The zero-order valence-electron chi connectivity index (χ0n) is 2.59. The summed E-state index contributed by atoms with van der Waals surface area (Å²) in [4.78, 5) is 0. The van der Waals surface area contributed by atoms with Crippen LogP contribution in [0.4, 0.5) is 0 Å². The Morgan fingerprint density at radius 2 is 0.667 bits per heavy atom. The first-order chi connectivity index (χ1) is 0. The molecule has 39 valence electrons. The summed E-state index contributed by atoms with van der Waals surface area (Å²) in [5, 5.41) is 0. The zero-order chi connectivity index (χ0) is 0. The maximum absolute atomic E-state index is 0. The number of rotatable bonds is 0. The van der Waals surface area contributed by atoms with Gasteiger partial charge in [-0.25, -0.2) is 0 Å². The van der Waals surface area contributed by atoms with Crippen molar-refractivity contribution in [3.05, 3.63) is 0 Å². The van der Waals surface area contributed by atoms with E-state index in [2.05, 4.69) is 0 Å². The van der Waals surface area contributed by atoms with E-state index in [1.165, 1.54) is 0 Å². The second-order valence-corrected chi connectivity index (χ2v) is 0. The zero-order valence-corrected chi connectivity index (χ0v) is 10.0. The Bertz CT molecular complexity index is 10.8. The number of hydrogen-bond donors (Lipinski definition) is 0. The average Bonchev–Trinajstić information content (AvgIpc) is 0. The minimum absolute atomic E-state index is 0. The molecule has 0 atom stereocenters. The molecule has 0 aliphatic heterocycles. The largest absolute Gasteiger partial charge is 2.00 e. The molecule has 0 heterocycles. The molecule has 0 nitrogen and oxygen atoms in total. The summed E-state index contributed by atoms with van der Waals surface area (Å²) in [5.74, 6) is 0. The van der Waals surface area contributed by atoms with Crippen LogP contribution in [-0.2, 0) is 94.1 Å². The third-order valence-corrected chi connectivity index (χ3v) is 0. The van der Waals surface area contributed by atoms with Gasteiger partial charge in [-0.1, -0.05) is 0 Å². The summed E-state index contributed by atoms with van der Waals surface area (Å²) in [6, 6.07) is 0. The van der Waals surface area contributed by atoms with Gasteiger partial charge < -0.3 is 40.5 Å². The molecule has 0 saturated carbocycles. The fraction of sp³-hybridized carbons (Fsp3) is 0. The average molecular weight is 281 g/mol. The molecule has 0 aromatic carbocycles. The van der Waals surface area contributed by atoms with Crippen LogP contribution in [0.2, 0.25) is 0 Å². The van der Waals surface area contributed by atoms with Crippen LogP contribution in [0.5, 0.6) is 0 Å². The summed E-state index contributed by atoms with van der Waals surface area (Å²) in [6.45, 7) is 0. The van der Waals surface area contributed by atoms with Crippen LogP contribution in [0.15, 0.2) is 0 Å². The Balaban J connectivity index is 0. The van der Waals surface area contributed by atoms with Gasteiger partial charge in [0.05, 0.1) is 0 Å². The fourth-order valence-corrected chi connectivity index (χ4v) is 0. The van der Waals surface area contributed by atoms with Crippen LogP contribution >= 0.6 is 0 Å². The molecule has 0 saturated heterocycles. The van der Waals surface area contributed by atoms with Crippen LogP contribution in [-0.4, -0.2) is 0 Å². The SMILES string of the molecule is [Cu+2].[Fe+2].[S-2].[S-2].[S-2].[Zn+2]. The molecule has 1 radical (unpaired) electrons. The maximum atomic E-state index is 0. The van der Waals surface area contributed by atoms with Crippen molar-refractivity contribution >= 4 is 40.5 Å². The Hall–Kier alpha value is 2.71. The van der Waals surface area contributed by atoms with Gasteiger partial charge in [-0.05, 0) is 0 Å². The van der Waals surface area contributed by atoms with Crippen molar-refractivity contribution in [1.82, 2.24) is 0 Å². The third kappa shape index (κ3) is 29.8. The third-order valence-electron chi connectivity index (χ3n) is 0. The molecule has 0 aliphatic rings. The minimum Gasteiger partial charge on any atom is -2.00 e. The Morgan fingerprint density at radius 1 is 0.667 bits per heavy atom. The first-order valence-electron chi connectivity index (χ1n) is 0. The van der Waals surface area contributed by atoms with Gasteiger partial charge in [-0.15, -0.1) is 0 Å². The monoisotopic (exact) mass is 279 g/mol. The van der Waals surface area contributed by atoms with Crippen LogP contribution in [0, 0.1) is 0 Å². The molecule has 0 N–H and O–H groups in total. The van der Waals surface area contributed by atoms with E-state index >= 15 is 0 Å². The van der Waals surface area contributed by atoms with Gasteiger partial charge in [0.2, 0.25) is 0 Å². The normalized spacial score (nSPS) is 0.